The number of rotatable bonds is 16. The van der Waals surface area contributed by atoms with Crippen LogP contribution in [0.3, 0.4) is 0 Å². The molecule has 3 rings (SSSR count). The molecule has 0 bridgehead atoms. The number of hydrogen-bond donors (Lipinski definition) is 4. The van der Waals surface area contributed by atoms with Gasteiger partial charge in [0.05, 0.1) is 42.6 Å². The van der Waals surface area contributed by atoms with Gasteiger partial charge in [-0.1, -0.05) is 56.3 Å². The number of benzene rings is 2. The molecular weight excluding hydrogens is 570 g/mol. The van der Waals surface area contributed by atoms with Gasteiger partial charge in [0, 0.05) is 19.7 Å². The number of aliphatic hydroxyl groups is 2. The average Bonchev–Trinajstić information content (AvgIpc) is 3.44. The Bertz CT molecular complexity index is 1310. The van der Waals surface area contributed by atoms with Crippen LogP contribution in [-0.2, 0) is 42.6 Å². The summed E-state index contributed by atoms with van der Waals surface area (Å²) >= 11 is 0. The van der Waals surface area contributed by atoms with Gasteiger partial charge in [-0.25, -0.2) is 21.6 Å². The van der Waals surface area contributed by atoms with E-state index >= 15 is 0 Å². The standard InChI is InChI=1S/C28H41N3O8S2/c1-21(2)16-31(41(37,38)25-10-8-23(18-32)9-11-25)17-27(33)26(14-22-6-4-3-5-7-22)30-28(34)15-29-40(35,36)20-24-12-13-39-19-24/h3-11,21,24,26-27,29,32-33H,12-20H2,1-2H3,(H,30,34)/t24-,26+,27-/m1/s1. The van der Waals surface area contributed by atoms with E-state index in [1.165, 1.54) is 28.6 Å². The Kier molecular flexibility index (Phi) is 12.3. The molecule has 0 aromatic heterocycles. The molecule has 228 valence electrons. The second-order valence-electron chi connectivity index (χ2n) is 10.8. The number of aliphatic hydroxyl groups excluding tert-OH is 2. The topological polar surface area (TPSA) is 162 Å². The average molecular weight is 612 g/mol. The third-order valence-corrected chi connectivity index (χ3v) is 10.1. The van der Waals surface area contributed by atoms with Crippen LogP contribution in [0, 0.1) is 11.8 Å². The van der Waals surface area contributed by atoms with Crippen LogP contribution in [-0.4, -0.2) is 88.0 Å². The van der Waals surface area contributed by atoms with Crippen LogP contribution >= 0.6 is 0 Å². The van der Waals surface area contributed by atoms with Gasteiger partial charge >= 0.3 is 0 Å². The zero-order valence-electron chi connectivity index (χ0n) is 23.5. The Hall–Kier alpha value is -2.39. The van der Waals surface area contributed by atoms with Gasteiger partial charge in [-0.2, -0.15) is 4.31 Å². The summed E-state index contributed by atoms with van der Waals surface area (Å²) in [7, 11) is -7.73. The second kappa shape index (κ2) is 15.2. The van der Waals surface area contributed by atoms with Crippen molar-refractivity contribution in [3.8, 4) is 0 Å². The van der Waals surface area contributed by atoms with Crippen molar-refractivity contribution in [1.82, 2.24) is 14.3 Å². The highest BCUT2D eigenvalue weighted by molar-refractivity contribution is 7.89. The van der Waals surface area contributed by atoms with Gasteiger partial charge < -0.3 is 20.3 Å². The van der Waals surface area contributed by atoms with Crippen LogP contribution in [0.25, 0.3) is 0 Å². The maximum atomic E-state index is 13.5. The lowest BCUT2D eigenvalue weighted by molar-refractivity contribution is -0.121. The molecule has 13 heteroatoms. The van der Waals surface area contributed by atoms with Crippen molar-refractivity contribution in [2.24, 2.45) is 11.8 Å². The third-order valence-electron chi connectivity index (χ3n) is 6.74. The molecule has 0 unspecified atom stereocenters. The number of nitrogens with zero attached hydrogens (tertiary/aromatic N) is 1. The van der Waals surface area contributed by atoms with Gasteiger partial charge in [-0.15, -0.1) is 0 Å². The molecule has 4 N–H and O–H groups in total. The minimum Gasteiger partial charge on any atom is -0.392 e. The molecule has 11 nitrogen and oxygen atoms in total. The Morgan fingerprint density at radius 3 is 2.29 bits per heavy atom. The Morgan fingerprint density at radius 2 is 1.71 bits per heavy atom. The number of sulfonamides is 2. The summed E-state index contributed by atoms with van der Waals surface area (Å²) in [5, 5.41) is 23.3. The molecule has 0 spiro atoms. The van der Waals surface area contributed by atoms with Gasteiger partial charge in [0.2, 0.25) is 26.0 Å². The molecule has 1 fully saturated rings. The third kappa shape index (κ3) is 10.4. The molecule has 1 heterocycles. The number of hydrogen-bond acceptors (Lipinski definition) is 8. The van der Waals surface area contributed by atoms with E-state index in [-0.39, 0.29) is 48.6 Å². The largest absolute Gasteiger partial charge is 0.392 e. The van der Waals surface area contributed by atoms with Crippen molar-refractivity contribution in [3.05, 3.63) is 65.7 Å². The van der Waals surface area contributed by atoms with Crippen molar-refractivity contribution >= 4 is 26.0 Å². The van der Waals surface area contributed by atoms with Crippen molar-refractivity contribution in [3.63, 3.8) is 0 Å². The zero-order chi connectivity index (χ0) is 30.0. The summed E-state index contributed by atoms with van der Waals surface area (Å²) in [6.45, 7) is 3.68. The van der Waals surface area contributed by atoms with E-state index in [0.717, 1.165) is 5.56 Å². The van der Waals surface area contributed by atoms with Crippen LogP contribution in [0.2, 0.25) is 0 Å². The number of ether oxygens (including phenoxy) is 1. The van der Waals surface area contributed by atoms with E-state index in [9.17, 15) is 31.8 Å². The lowest BCUT2D eigenvalue weighted by atomic mass is 10.0. The van der Waals surface area contributed by atoms with Gasteiger partial charge in [0.15, 0.2) is 0 Å². The number of nitrogens with one attached hydrogen (secondary N) is 2. The molecule has 41 heavy (non-hydrogen) atoms. The predicted octanol–water partition coefficient (Wildman–Crippen LogP) is 0.870. The fraction of sp³-hybridized carbons (Fsp3) is 0.536. The summed E-state index contributed by atoms with van der Waals surface area (Å²) in [5.74, 6) is -0.973. The van der Waals surface area contributed by atoms with E-state index in [1.807, 2.05) is 44.2 Å². The normalized spacial score (nSPS) is 17.6. The summed E-state index contributed by atoms with van der Waals surface area (Å²) < 4.78 is 60.7. The van der Waals surface area contributed by atoms with Crippen molar-refractivity contribution in [2.75, 3.05) is 38.6 Å². The lowest BCUT2D eigenvalue weighted by Crippen LogP contribution is -2.52. The molecular formula is C28H41N3O8S2. The van der Waals surface area contributed by atoms with E-state index < -0.39 is 44.6 Å². The maximum Gasteiger partial charge on any atom is 0.243 e. The number of carbonyl (C=O) groups excluding carboxylic acids is 1. The lowest BCUT2D eigenvalue weighted by Gasteiger charge is -2.31. The fourth-order valence-corrected chi connectivity index (χ4v) is 7.57. The molecule has 0 aliphatic carbocycles. The van der Waals surface area contributed by atoms with Crippen LogP contribution in [0.1, 0.15) is 31.4 Å². The van der Waals surface area contributed by atoms with Gasteiger partial charge in [0.25, 0.3) is 0 Å². The van der Waals surface area contributed by atoms with Crippen LogP contribution in [0.15, 0.2) is 59.5 Å². The highest BCUT2D eigenvalue weighted by Crippen LogP contribution is 2.20. The van der Waals surface area contributed by atoms with E-state index in [1.54, 1.807) is 0 Å². The minimum atomic E-state index is -4.02. The maximum absolute atomic E-state index is 13.5. The van der Waals surface area contributed by atoms with Gasteiger partial charge in [-0.3, -0.25) is 4.79 Å². The molecule has 2 aromatic carbocycles. The molecule has 1 aliphatic rings. The molecule has 1 amide bonds. The van der Waals surface area contributed by atoms with E-state index in [2.05, 4.69) is 10.0 Å². The van der Waals surface area contributed by atoms with Crippen molar-refractivity contribution in [1.29, 1.82) is 0 Å². The first-order valence-electron chi connectivity index (χ1n) is 13.7. The first-order chi connectivity index (χ1) is 19.4. The fourth-order valence-electron chi connectivity index (χ4n) is 4.60. The molecule has 3 atom stereocenters. The van der Waals surface area contributed by atoms with Crippen LogP contribution in [0.5, 0.6) is 0 Å². The van der Waals surface area contributed by atoms with Gasteiger partial charge in [0.1, 0.15) is 0 Å². The second-order valence-corrected chi connectivity index (χ2v) is 14.6. The number of carbonyl (C=O) groups is 1. The Labute approximate surface area is 243 Å². The quantitative estimate of drug-likeness (QED) is 0.217. The smallest absolute Gasteiger partial charge is 0.243 e. The summed E-state index contributed by atoms with van der Waals surface area (Å²) in [5.41, 5.74) is 1.37. The predicted molar refractivity (Wildman–Crippen MR) is 155 cm³/mol. The van der Waals surface area contributed by atoms with E-state index in [0.29, 0.717) is 25.2 Å². The van der Waals surface area contributed by atoms with Crippen molar-refractivity contribution in [2.45, 2.75) is 50.3 Å². The van der Waals surface area contributed by atoms with Crippen LogP contribution < -0.4 is 10.0 Å². The highest BCUT2D eigenvalue weighted by atomic mass is 32.2. The summed E-state index contributed by atoms with van der Waals surface area (Å²) in [6, 6.07) is 14.1. The number of amides is 1. The minimum absolute atomic E-state index is 0.0215. The molecule has 0 radical (unpaired) electrons. The first-order valence-corrected chi connectivity index (χ1v) is 16.7. The summed E-state index contributed by atoms with van der Waals surface area (Å²) in [4.78, 5) is 12.9. The highest BCUT2D eigenvalue weighted by Gasteiger charge is 2.32. The van der Waals surface area contributed by atoms with Crippen molar-refractivity contribution < 1.29 is 36.6 Å². The Balaban J connectivity index is 1.75. The zero-order valence-corrected chi connectivity index (χ0v) is 25.1. The molecule has 1 saturated heterocycles. The molecule has 1 aliphatic heterocycles. The van der Waals surface area contributed by atoms with E-state index in [4.69, 9.17) is 4.74 Å². The van der Waals surface area contributed by atoms with Crippen LogP contribution in [0.4, 0.5) is 0 Å². The molecule has 2 aromatic rings. The van der Waals surface area contributed by atoms with Gasteiger partial charge in [-0.05, 0) is 47.9 Å². The molecule has 0 saturated carbocycles. The SMILES string of the molecule is CC(C)CN(C[C@@H](O)[C@H](Cc1ccccc1)NC(=O)CNS(=O)(=O)C[C@@H]1CCOC1)S(=O)(=O)c1ccc(CO)cc1. The summed E-state index contributed by atoms with van der Waals surface area (Å²) in [6.07, 6.45) is -0.475. The first kappa shape index (κ1) is 33.1. The monoisotopic (exact) mass is 611 g/mol. The Morgan fingerprint density at radius 1 is 1.02 bits per heavy atom.